The molecule has 15 heteroatoms. The van der Waals surface area contributed by atoms with Crippen LogP contribution in [-0.4, -0.2) is 116 Å². The molecule has 0 aliphatic carbocycles. The zero-order valence-electron chi connectivity index (χ0n) is 22.9. The van der Waals surface area contributed by atoms with Gasteiger partial charge in [0, 0.05) is 23.8 Å². The highest BCUT2D eigenvalue weighted by molar-refractivity contribution is 5.86. The van der Waals surface area contributed by atoms with Crippen LogP contribution in [0.5, 0.6) is 23.0 Å². The Morgan fingerprint density at radius 3 is 2.21 bits per heavy atom. The number of methoxy groups -OCH3 is 1. The van der Waals surface area contributed by atoms with Gasteiger partial charge in [0.15, 0.2) is 23.2 Å². The standard InChI is InChI=1S/C28H32O15/c1-10-21(32)23(34)25(36)27(40-10)39-9-19-22(33)24(35)26(37)28(43-19)41-12-6-14(30)20-15(31)8-16(42-18(20)7-12)11-3-4-13(29)17(5-11)38-2/h3-8,10,19,21-30,32-37H,9H2,1-2H3/t10-,19-,21-,22-,23+,24+,25-,26-,27+,28+/m1/s1. The Morgan fingerprint density at radius 1 is 0.791 bits per heavy atom. The minimum atomic E-state index is -1.78. The molecule has 2 aliphatic rings. The summed E-state index contributed by atoms with van der Waals surface area (Å²) in [7, 11) is 1.36. The highest BCUT2D eigenvalue weighted by Crippen LogP contribution is 2.35. The Hall–Kier alpha value is -3.51. The summed E-state index contributed by atoms with van der Waals surface area (Å²) in [5, 5.41) is 81.8. The highest BCUT2D eigenvalue weighted by Gasteiger charge is 2.47. The topological polar surface area (TPSA) is 238 Å². The molecule has 8 N–H and O–H groups in total. The number of phenols is 2. The fourth-order valence-electron chi connectivity index (χ4n) is 4.91. The predicted octanol–water partition coefficient (Wildman–Crippen LogP) is -1.09. The number of aliphatic hydroxyl groups is 6. The van der Waals surface area contributed by atoms with E-state index in [1.165, 1.54) is 38.3 Å². The smallest absolute Gasteiger partial charge is 0.229 e. The molecule has 0 amide bonds. The number of fused-ring (bicyclic) bond motifs is 1. The molecule has 0 unspecified atom stereocenters. The predicted molar refractivity (Wildman–Crippen MR) is 143 cm³/mol. The first-order valence-electron chi connectivity index (χ1n) is 13.3. The average molecular weight is 609 g/mol. The van der Waals surface area contributed by atoms with Gasteiger partial charge in [-0.2, -0.15) is 0 Å². The number of phenolic OH excluding ortho intramolecular Hbond substituents is 2. The van der Waals surface area contributed by atoms with E-state index in [2.05, 4.69) is 0 Å². The van der Waals surface area contributed by atoms with Gasteiger partial charge in [0.1, 0.15) is 71.0 Å². The SMILES string of the molecule is COc1cc(-c2cc(=O)c3c(O)cc(O[C@H]4O[C@H](CO[C@H]5O[C@H](C)[C@@H](O)[C@H](O)[C@H]5O)[C@@H](O)[C@H](O)[C@H]4O)cc3o2)ccc1O. The summed E-state index contributed by atoms with van der Waals surface area (Å²) in [6.45, 7) is 0.955. The van der Waals surface area contributed by atoms with Crippen molar-refractivity contribution in [3.63, 3.8) is 0 Å². The van der Waals surface area contributed by atoms with E-state index < -0.39 is 79.2 Å². The Balaban J connectivity index is 1.37. The number of aliphatic hydroxyl groups excluding tert-OH is 6. The zero-order valence-corrected chi connectivity index (χ0v) is 22.9. The van der Waals surface area contributed by atoms with Crippen LogP contribution in [-0.2, 0) is 14.2 Å². The van der Waals surface area contributed by atoms with Crippen molar-refractivity contribution in [2.24, 2.45) is 0 Å². The fourth-order valence-corrected chi connectivity index (χ4v) is 4.91. The first-order valence-corrected chi connectivity index (χ1v) is 13.3. The molecule has 2 aromatic carbocycles. The van der Waals surface area contributed by atoms with Crippen LogP contribution in [0.1, 0.15) is 6.92 Å². The van der Waals surface area contributed by atoms with Gasteiger partial charge in [-0.25, -0.2) is 0 Å². The number of hydrogen-bond donors (Lipinski definition) is 8. The van der Waals surface area contributed by atoms with Crippen molar-refractivity contribution in [2.75, 3.05) is 13.7 Å². The molecule has 3 aromatic rings. The van der Waals surface area contributed by atoms with Crippen LogP contribution in [0.2, 0.25) is 0 Å². The summed E-state index contributed by atoms with van der Waals surface area (Å²) in [6, 6.07) is 7.76. The van der Waals surface area contributed by atoms with Gasteiger partial charge >= 0.3 is 0 Å². The average Bonchev–Trinajstić information content (AvgIpc) is 2.97. The molecule has 0 saturated carbocycles. The molecule has 234 valence electrons. The Kier molecular flexibility index (Phi) is 8.80. The molecule has 0 spiro atoms. The third-order valence-electron chi connectivity index (χ3n) is 7.40. The summed E-state index contributed by atoms with van der Waals surface area (Å²) in [4.78, 5) is 12.8. The van der Waals surface area contributed by atoms with Crippen molar-refractivity contribution in [2.45, 2.75) is 68.3 Å². The Labute approximate surface area is 243 Å². The zero-order chi connectivity index (χ0) is 31.2. The molecule has 2 fully saturated rings. The number of benzene rings is 2. The van der Waals surface area contributed by atoms with Crippen molar-refractivity contribution in [3.8, 4) is 34.3 Å². The first kappa shape index (κ1) is 30.9. The van der Waals surface area contributed by atoms with E-state index in [4.69, 9.17) is 28.1 Å². The second-order valence-electron chi connectivity index (χ2n) is 10.3. The molecule has 5 rings (SSSR count). The van der Waals surface area contributed by atoms with Gasteiger partial charge in [0.25, 0.3) is 0 Å². The van der Waals surface area contributed by atoms with Crippen molar-refractivity contribution in [1.82, 2.24) is 0 Å². The second kappa shape index (κ2) is 12.2. The van der Waals surface area contributed by atoms with Gasteiger partial charge < -0.3 is 69.0 Å². The summed E-state index contributed by atoms with van der Waals surface area (Å²) in [5.41, 5.74) is -0.307. The van der Waals surface area contributed by atoms with Gasteiger partial charge in [-0.05, 0) is 25.1 Å². The van der Waals surface area contributed by atoms with Crippen molar-refractivity contribution in [3.05, 3.63) is 46.6 Å². The van der Waals surface area contributed by atoms with E-state index >= 15 is 0 Å². The minimum Gasteiger partial charge on any atom is -0.507 e. The van der Waals surface area contributed by atoms with E-state index in [1.807, 2.05) is 0 Å². The van der Waals surface area contributed by atoms with Gasteiger partial charge in [0.2, 0.25) is 6.29 Å². The molecule has 0 bridgehead atoms. The van der Waals surface area contributed by atoms with Crippen LogP contribution in [0.25, 0.3) is 22.3 Å². The lowest BCUT2D eigenvalue weighted by Gasteiger charge is -2.42. The van der Waals surface area contributed by atoms with E-state index in [0.29, 0.717) is 5.56 Å². The maximum absolute atomic E-state index is 12.8. The second-order valence-corrected chi connectivity index (χ2v) is 10.3. The summed E-state index contributed by atoms with van der Waals surface area (Å²) >= 11 is 0. The van der Waals surface area contributed by atoms with Crippen molar-refractivity contribution in [1.29, 1.82) is 0 Å². The van der Waals surface area contributed by atoms with E-state index in [9.17, 15) is 45.6 Å². The quantitative estimate of drug-likeness (QED) is 0.159. The van der Waals surface area contributed by atoms with Gasteiger partial charge in [-0.3, -0.25) is 4.79 Å². The number of aromatic hydroxyl groups is 2. The number of rotatable bonds is 7. The van der Waals surface area contributed by atoms with Crippen molar-refractivity contribution >= 4 is 11.0 Å². The maximum atomic E-state index is 12.8. The van der Waals surface area contributed by atoms with Crippen LogP contribution in [0.4, 0.5) is 0 Å². The fraction of sp³-hybridized carbons (Fsp3) is 0.464. The lowest BCUT2D eigenvalue weighted by molar-refractivity contribution is -0.318. The van der Waals surface area contributed by atoms with E-state index in [-0.39, 0.29) is 34.0 Å². The largest absolute Gasteiger partial charge is 0.507 e. The molecule has 43 heavy (non-hydrogen) atoms. The van der Waals surface area contributed by atoms with Gasteiger partial charge in [0.05, 0.1) is 19.8 Å². The van der Waals surface area contributed by atoms with Crippen LogP contribution >= 0.6 is 0 Å². The lowest BCUT2D eigenvalue weighted by Crippen LogP contribution is -2.61. The highest BCUT2D eigenvalue weighted by atomic mass is 16.7. The monoisotopic (exact) mass is 608 g/mol. The van der Waals surface area contributed by atoms with E-state index in [0.717, 1.165) is 12.1 Å². The van der Waals surface area contributed by atoms with Gasteiger partial charge in [-0.1, -0.05) is 0 Å². The van der Waals surface area contributed by atoms with Crippen LogP contribution in [0.15, 0.2) is 45.6 Å². The summed E-state index contributed by atoms with van der Waals surface area (Å²) < 4.78 is 33.0. The van der Waals surface area contributed by atoms with Crippen LogP contribution < -0.4 is 14.9 Å². The molecular formula is C28H32O15. The summed E-state index contributed by atoms with van der Waals surface area (Å²) in [6.07, 6.45) is -15.0. The van der Waals surface area contributed by atoms with Crippen molar-refractivity contribution < 1.29 is 69.0 Å². The molecule has 2 saturated heterocycles. The number of hydrogen-bond acceptors (Lipinski definition) is 15. The Bertz CT molecular complexity index is 1510. The molecule has 2 aliphatic heterocycles. The molecule has 15 nitrogen and oxygen atoms in total. The molecule has 3 heterocycles. The van der Waals surface area contributed by atoms with E-state index in [1.54, 1.807) is 0 Å². The minimum absolute atomic E-state index is 0.0798. The molecular weight excluding hydrogens is 576 g/mol. The normalized spacial score (nSPS) is 32.9. The van der Waals surface area contributed by atoms with Crippen LogP contribution in [0, 0.1) is 0 Å². The molecule has 0 radical (unpaired) electrons. The molecule has 10 atom stereocenters. The first-order chi connectivity index (χ1) is 20.4. The Morgan fingerprint density at radius 2 is 1.49 bits per heavy atom. The molecule has 1 aromatic heterocycles. The third-order valence-corrected chi connectivity index (χ3v) is 7.40. The van der Waals surface area contributed by atoms with Crippen LogP contribution in [0.3, 0.4) is 0 Å². The number of ether oxygens (including phenoxy) is 5. The third kappa shape index (κ3) is 5.99. The summed E-state index contributed by atoms with van der Waals surface area (Å²) in [5.74, 6) is -0.567. The lowest BCUT2D eigenvalue weighted by atomic mass is 9.98. The van der Waals surface area contributed by atoms with Gasteiger partial charge in [-0.15, -0.1) is 0 Å². The maximum Gasteiger partial charge on any atom is 0.229 e.